The smallest absolute Gasteiger partial charge is 0.408 e. The summed E-state index contributed by atoms with van der Waals surface area (Å²) in [7, 11) is 1.78. The fraction of sp³-hybridized carbons (Fsp3) is 0.423. The molecule has 7 nitrogen and oxygen atoms in total. The summed E-state index contributed by atoms with van der Waals surface area (Å²) in [6, 6.07) is 10.9. The number of nitrogens with zero attached hydrogens (tertiary/aromatic N) is 5. The Labute approximate surface area is 206 Å². The van der Waals surface area contributed by atoms with Crippen molar-refractivity contribution in [3.8, 4) is 17.3 Å². The van der Waals surface area contributed by atoms with Crippen LogP contribution in [0.25, 0.3) is 28.1 Å². The first-order valence-electron chi connectivity index (χ1n) is 12.3. The van der Waals surface area contributed by atoms with E-state index >= 15 is 0 Å². The van der Waals surface area contributed by atoms with Gasteiger partial charge in [-0.05, 0) is 56.0 Å². The fourth-order valence-electron chi connectivity index (χ4n) is 4.96. The van der Waals surface area contributed by atoms with Gasteiger partial charge in [0, 0.05) is 30.7 Å². The van der Waals surface area contributed by atoms with Crippen molar-refractivity contribution in [2.45, 2.75) is 37.5 Å². The second-order valence-corrected chi connectivity index (χ2v) is 9.71. The lowest BCUT2D eigenvalue weighted by Gasteiger charge is -2.30. The van der Waals surface area contributed by atoms with Gasteiger partial charge in [-0.3, -0.25) is 9.30 Å². The van der Waals surface area contributed by atoms with Crippen LogP contribution in [0.4, 0.5) is 13.2 Å². The Kier molecular flexibility index (Phi) is 5.80. The zero-order valence-electron chi connectivity index (χ0n) is 19.9. The Hall–Kier alpha value is -3.24. The van der Waals surface area contributed by atoms with Crippen LogP contribution in [0.1, 0.15) is 30.9 Å². The van der Waals surface area contributed by atoms with Gasteiger partial charge in [0.2, 0.25) is 0 Å². The number of pyridine rings is 2. The Bertz CT molecular complexity index is 1400. The van der Waals surface area contributed by atoms with Crippen molar-refractivity contribution in [2.75, 3.05) is 26.7 Å². The van der Waals surface area contributed by atoms with Gasteiger partial charge in [-0.2, -0.15) is 13.2 Å². The molecular formula is C26H27F3N6O. The van der Waals surface area contributed by atoms with Crippen molar-refractivity contribution in [1.29, 1.82) is 0 Å². The highest BCUT2D eigenvalue weighted by atomic mass is 19.4. The van der Waals surface area contributed by atoms with E-state index in [-0.39, 0.29) is 11.6 Å². The molecule has 2 atom stereocenters. The van der Waals surface area contributed by atoms with E-state index in [1.165, 1.54) is 30.0 Å². The number of fused-ring (bicyclic) bond motifs is 2. The monoisotopic (exact) mass is 496 g/mol. The van der Waals surface area contributed by atoms with Gasteiger partial charge < -0.3 is 10.1 Å². The first-order chi connectivity index (χ1) is 17.4. The average molecular weight is 497 g/mol. The number of para-hydroxylation sites is 1. The van der Waals surface area contributed by atoms with Crippen molar-refractivity contribution in [3.05, 3.63) is 54.2 Å². The number of aromatic nitrogens is 4. The molecule has 2 fully saturated rings. The van der Waals surface area contributed by atoms with E-state index in [4.69, 9.17) is 9.72 Å². The molecule has 0 amide bonds. The third kappa shape index (κ3) is 4.39. The van der Waals surface area contributed by atoms with Gasteiger partial charge in [-0.1, -0.05) is 24.3 Å². The number of hydrogen-bond donors (Lipinski definition) is 1. The highest BCUT2D eigenvalue weighted by Crippen LogP contribution is 2.40. The van der Waals surface area contributed by atoms with Crippen molar-refractivity contribution in [2.24, 2.45) is 5.92 Å². The second-order valence-electron chi connectivity index (χ2n) is 9.71. The van der Waals surface area contributed by atoms with E-state index in [0.29, 0.717) is 60.5 Å². The Balaban J connectivity index is 1.39. The number of alkyl halides is 3. The highest BCUT2D eigenvalue weighted by molar-refractivity contribution is 5.86. The van der Waals surface area contributed by atoms with Crippen LogP contribution in [0.3, 0.4) is 0 Å². The van der Waals surface area contributed by atoms with Gasteiger partial charge in [-0.15, -0.1) is 10.2 Å². The molecule has 0 bridgehead atoms. The van der Waals surface area contributed by atoms with Crippen LogP contribution < -0.4 is 10.1 Å². The minimum Gasteiger partial charge on any atom is -0.491 e. The number of likely N-dealkylation sites (tertiary alicyclic amines) is 1. The Morgan fingerprint density at radius 1 is 1.08 bits per heavy atom. The van der Waals surface area contributed by atoms with Gasteiger partial charge in [-0.25, -0.2) is 4.98 Å². The maximum Gasteiger partial charge on any atom is 0.408 e. The normalized spacial score (nSPS) is 19.8. The molecule has 1 saturated heterocycles. The maximum absolute atomic E-state index is 14.3. The quantitative estimate of drug-likeness (QED) is 0.403. The summed E-state index contributed by atoms with van der Waals surface area (Å²) >= 11 is 0. The first kappa shape index (κ1) is 23.2. The summed E-state index contributed by atoms with van der Waals surface area (Å²) in [6.07, 6.45) is 0.124. The van der Waals surface area contributed by atoms with Crippen LogP contribution in [0, 0.1) is 5.92 Å². The van der Waals surface area contributed by atoms with Crippen LogP contribution in [-0.2, 0) is 0 Å². The van der Waals surface area contributed by atoms with Crippen LogP contribution in [-0.4, -0.2) is 63.4 Å². The lowest BCUT2D eigenvalue weighted by molar-refractivity contribution is -0.184. The molecule has 1 saturated carbocycles. The van der Waals surface area contributed by atoms with Gasteiger partial charge in [0.25, 0.3) is 0 Å². The molecule has 10 heteroatoms. The molecule has 2 aliphatic rings. The SMILES string of the molecule is CNC1CCN([C@H](c2ccc3nnc(-c4ccc5cccc(OCC6CC6)c5n4)n3c2)C(F)(F)F)C1. The second kappa shape index (κ2) is 9.01. The highest BCUT2D eigenvalue weighted by Gasteiger charge is 2.46. The summed E-state index contributed by atoms with van der Waals surface area (Å²) in [6.45, 7) is 1.37. The van der Waals surface area contributed by atoms with E-state index < -0.39 is 12.2 Å². The molecular weight excluding hydrogens is 469 g/mol. The zero-order valence-corrected chi connectivity index (χ0v) is 19.9. The number of halogens is 3. The molecule has 0 spiro atoms. The van der Waals surface area contributed by atoms with Gasteiger partial charge in [0.1, 0.15) is 23.0 Å². The Morgan fingerprint density at radius 2 is 1.94 bits per heavy atom. The van der Waals surface area contributed by atoms with Crippen molar-refractivity contribution >= 4 is 16.6 Å². The van der Waals surface area contributed by atoms with Crippen LogP contribution in [0.2, 0.25) is 0 Å². The molecule has 1 aliphatic carbocycles. The standard InChI is InChI=1S/C26H27F3N6O/c1-30-19-11-12-34(14-19)24(26(27,28)29)18-8-10-22-32-33-25(35(22)13-18)20-9-7-17-3-2-4-21(23(17)31-20)36-15-16-5-6-16/h2-4,7-10,13,16,19,24,30H,5-6,11-12,14-15H2,1H3/t19?,24-/m1/s1. The zero-order chi connectivity index (χ0) is 24.9. The molecule has 1 aromatic carbocycles. The summed E-state index contributed by atoms with van der Waals surface area (Å²) in [5, 5.41) is 12.5. The van der Waals surface area contributed by atoms with Crippen LogP contribution in [0.15, 0.2) is 48.7 Å². The average Bonchev–Trinajstić information content (AvgIpc) is 3.42. The summed E-state index contributed by atoms with van der Waals surface area (Å²) < 4.78 is 50.4. The molecule has 0 radical (unpaired) electrons. The molecule has 1 N–H and O–H groups in total. The topological polar surface area (TPSA) is 67.6 Å². The van der Waals surface area contributed by atoms with Crippen molar-refractivity contribution < 1.29 is 17.9 Å². The third-order valence-electron chi connectivity index (χ3n) is 7.13. The number of ether oxygens (including phenoxy) is 1. The molecule has 4 heterocycles. The van der Waals surface area contributed by atoms with Crippen molar-refractivity contribution in [1.82, 2.24) is 29.8 Å². The molecule has 1 aliphatic heterocycles. The van der Waals surface area contributed by atoms with E-state index in [2.05, 4.69) is 15.5 Å². The lowest BCUT2D eigenvalue weighted by Crippen LogP contribution is -2.39. The number of hydrogen-bond acceptors (Lipinski definition) is 6. The summed E-state index contributed by atoms with van der Waals surface area (Å²) in [5.74, 6) is 1.69. The van der Waals surface area contributed by atoms with E-state index in [9.17, 15) is 13.2 Å². The number of benzene rings is 1. The van der Waals surface area contributed by atoms with Gasteiger partial charge >= 0.3 is 6.18 Å². The molecule has 3 aromatic heterocycles. The predicted molar refractivity (Wildman–Crippen MR) is 130 cm³/mol. The minimum absolute atomic E-state index is 0.0437. The van der Waals surface area contributed by atoms with Crippen molar-refractivity contribution in [3.63, 3.8) is 0 Å². The molecule has 6 rings (SSSR count). The molecule has 4 aromatic rings. The summed E-state index contributed by atoms with van der Waals surface area (Å²) in [5.41, 5.74) is 1.84. The lowest BCUT2D eigenvalue weighted by atomic mass is 10.1. The predicted octanol–water partition coefficient (Wildman–Crippen LogP) is 4.63. The van der Waals surface area contributed by atoms with E-state index in [1.54, 1.807) is 17.5 Å². The number of rotatable bonds is 7. The molecule has 36 heavy (non-hydrogen) atoms. The molecule has 188 valence electrons. The van der Waals surface area contributed by atoms with E-state index in [0.717, 1.165) is 5.39 Å². The fourth-order valence-corrected chi connectivity index (χ4v) is 4.96. The third-order valence-corrected chi connectivity index (χ3v) is 7.13. The van der Waals surface area contributed by atoms with Crippen LogP contribution >= 0.6 is 0 Å². The van der Waals surface area contributed by atoms with E-state index in [1.807, 2.05) is 30.3 Å². The first-order valence-corrected chi connectivity index (χ1v) is 12.3. The van der Waals surface area contributed by atoms with Gasteiger partial charge in [0.15, 0.2) is 11.5 Å². The summed E-state index contributed by atoms with van der Waals surface area (Å²) in [4.78, 5) is 6.29. The maximum atomic E-state index is 14.3. The largest absolute Gasteiger partial charge is 0.491 e. The van der Waals surface area contributed by atoms with Crippen LogP contribution in [0.5, 0.6) is 5.75 Å². The number of nitrogens with one attached hydrogen (secondary N) is 1. The Morgan fingerprint density at radius 3 is 2.69 bits per heavy atom. The number of likely N-dealkylation sites (N-methyl/N-ethyl adjacent to an activating group) is 1. The minimum atomic E-state index is -4.42. The molecule has 1 unspecified atom stereocenters. The van der Waals surface area contributed by atoms with Gasteiger partial charge in [0.05, 0.1) is 6.61 Å².